The summed E-state index contributed by atoms with van der Waals surface area (Å²) in [5.41, 5.74) is 0. The van der Waals surface area contributed by atoms with Gasteiger partial charge < -0.3 is 18.6 Å². The van der Waals surface area contributed by atoms with E-state index in [1.54, 1.807) is 13.0 Å². The van der Waals surface area contributed by atoms with Crippen LogP contribution in [0.25, 0.3) is 0 Å². The molecule has 0 radical (unpaired) electrons. The highest BCUT2D eigenvalue weighted by Crippen LogP contribution is 2.35. The topological polar surface area (TPSA) is 113 Å². The molecule has 1 aromatic heterocycles. The van der Waals surface area contributed by atoms with Crippen molar-refractivity contribution in [1.82, 2.24) is 15.5 Å². The molecule has 0 aliphatic carbocycles. The minimum absolute atomic E-state index is 0.0642. The number of nitrogens with one attached hydrogen (secondary N) is 1. The van der Waals surface area contributed by atoms with Gasteiger partial charge in [-0.2, -0.15) is 0 Å². The molecule has 9 nitrogen and oxygen atoms in total. The molecular formula is C15H15N3O6S. The van der Waals surface area contributed by atoms with E-state index in [0.29, 0.717) is 11.5 Å². The van der Waals surface area contributed by atoms with Crippen LogP contribution in [0.1, 0.15) is 18.9 Å². The predicted molar refractivity (Wildman–Crippen MR) is 85.5 cm³/mol. The molecule has 2 aromatic rings. The highest BCUT2D eigenvalue weighted by Gasteiger charge is 2.27. The number of rotatable bonds is 5. The van der Waals surface area contributed by atoms with Gasteiger partial charge in [-0.15, -0.1) is 10.2 Å². The van der Waals surface area contributed by atoms with Gasteiger partial charge in [0.2, 0.25) is 12.0 Å². The first-order valence-corrected chi connectivity index (χ1v) is 8.45. The lowest BCUT2D eigenvalue weighted by Crippen LogP contribution is -2.32. The van der Waals surface area contributed by atoms with E-state index in [0.717, 1.165) is 11.8 Å². The lowest BCUT2D eigenvalue weighted by molar-refractivity contribution is -0.117. The Hall–Kier alpha value is -2.75. The molecule has 25 heavy (non-hydrogen) atoms. The predicted octanol–water partition coefficient (Wildman–Crippen LogP) is 1.95. The molecule has 1 aromatic carbocycles. The number of benzene rings is 1. The first-order valence-electron chi connectivity index (χ1n) is 7.47. The van der Waals surface area contributed by atoms with E-state index in [-0.39, 0.29) is 30.1 Å². The van der Waals surface area contributed by atoms with Crippen molar-refractivity contribution in [2.75, 3.05) is 19.0 Å². The first-order chi connectivity index (χ1) is 12.2. The third kappa shape index (κ3) is 4.41. The molecule has 1 aliphatic rings. The van der Waals surface area contributed by atoms with Gasteiger partial charge in [-0.3, -0.25) is 10.1 Å². The van der Waals surface area contributed by atoms with Crippen molar-refractivity contribution in [3.8, 4) is 11.5 Å². The largest absolute Gasteiger partial charge is 0.485 e. The van der Waals surface area contributed by atoms with E-state index in [1.165, 1.54) is 0 Å². The summed E-state index contributed by atoms with van der Waals surface area (Å²) in [7, 11) is 0. The van der Waals surface area contributed by atoms with Crippen LogP contribution < -0.4 is 14.8 Å². The molecule has 3 rings (SSSR count). The van der Waals surface area contributed by atoms with Crippen LogP contribution in [0, 0.1) is 0 Å². The summed E-state index contributed by atoms with van der Waals surface area (Å²) in [5, 5.41) is 10.0. The third-order valence-electron chi connectivity index (χ3n) is 3.05. The lowest BCUT2D eigenvalue weighted by Gasteiger charge is -2.23. The molecular weight excluding hydrogens is 350 g/mol. The summed E-state index contributed by atoms with van der Waals surface area (Å²) in [6.45, 7) is 2.08. The third-order valence-corrected chi connectivity index (χ3v) is 3.87. The number of thioether (sulfide) groups is 1. The number of ether oxygens (including phenoxy) is 3. The fourth-order valence-electron chi connectivity index (χ4n) is 1.99. The maximum atomic E-state index is 11.6. The highest BCUT2D eigenvalue weighted by atomic mass is 32.2. The summed E-state index contributed by atoms with van der Waals surface area (Å²) < 4.78 is 21.5. The number of fused-ring (bicyclic) bond motifs is 1. The molecule has 2 heterocycles. The Bertz CT molecular complexity index is 765. The normalized spacial score (nSPS) is 15.5. The average molecular weight is 365 g/mol. The summed E-state index contributed by atoms with van der Waals surface area (Å²) in [6, 6.07) is 7.28. The van der Waals surface area contributed by atoms with Gasteiger partial charge in [0.05, 0.1) is 12.4 Å². The standard InChI is InChI=1S/C15H15N3O6S/c1-2-21-14(20)16-12(19)8-25-15-18-17-13(24-15)11-7-22-9-5-3-4-6-10(9)23-11/h3-6,11H,2,7-8H2,1H3,(H,16,19,20)/t11-/m0/s1. The molecule has 132 valence electrons. The van der Waals surface area contributed by atoms with Crippen molar-refractivity contribution in [2.24, 2.45) is 0 Å². The van der Waals surface area contributed by atoms with Crippen molar-refractivity contribution >= 4 is 23.8 Å². The van der Waals surface area contributed by atoms with Crippen LogP contribution in [0.15, 0.2) is 33.9 Å². The van der Waals surface area contributed by atoms with Crippen molar-refractivity contribution < 1.29 is 28.2 Å². The lowest BCUT2D eigenvalue weighted by atomic mass is 10.2. The van der Waals surface area contributed by atoms with Gasteiger partial charge in [0.25, 0.3) is 11.1 Å². The molecule has 0 bridgehead atoms. The summed E-state index contributed by atoms with van der Waals surface area (Å²) in [5.74, 6) is 0.923. The SMILES string of the molecule is CCOC(=O)NC(=O)CSc1nnc([C@@H]2COc3ccccc3O2)o1. The first kappa shape index (κ1) is 17.1. The Morgan fingerprint density at radius 3 is 2.92 bits per heavy atom. The van der Waals surface area contributed by atoms with Crippen LogP contribution in [0.2, 0.25) is 0 Å². The monoisotopic (exact) mass is 365 g/mol. The number of hydrogen-bond donors (Lipinski definition) is 1. The molecule has 0 unspecified atom stereocenters. The maximum Gasteiger partial charge on any atom is 0.413 e. The van der Waals surface area contributed by atoms with E-state index >= 15 is 0 Å². The van der Waals surface area contributed by atoms with Crippen LogP contribution in [0.3, 0.4) is 0 Å². The molecule has 0 saturated carbocycles. The number of nitrogens with zero attached hydrogens (tertiary/aromatic N) is 2. The quantitative estimate of drug-likeness (QED) is 0.794. The molecule has 0 saturated heterocycles. The van der Waals surface area contributed by atoms with Crippen LogP contribution in [-0.4, -0.2) is 41.2 Å². The van der Waals surface area contributed by atoms with Crippen LogP contribution >= 0.6 is 11.8 Å². The number of aromatic nitrogens is 2. The Kier molecular flexibility index (Phi) is 5.39. The minimum atomic E-state index is -0.786. The van der Waals surface area contributed by atoms with Crippen molar-refractivity contribution in [1.29, 1.82) is 0 Å². The highest BCUT2D eigenvalue weighted by molar-refractivity contribution is 7.99. The smallest absolute Gasteiger partial charge is 0.413 e. The Morgan fingerprint density at radius 1 is 1.32 bits per heavy atom. The number of alkyl carbamates (subject to hydrolysis) is 1. The zero-order valence-corrected chi connectivity index (χ0v) is 14.1. The van der Waals surface area contributed by atoms with Gasteiger partial charge in [0.15, 0.2) is 11.5 Å². The number of carbonyl (C=O) groups excluding carboxylic acids is 2. The van der Waals surface area contributed by atoms with Gasteiger partial charge >= 0.3 is 6.09 Å². The van der Waals surface area contributed by atoms with Gasteiger partial charge in [0, 0.05) is 0 Å². The average Bonchev–Trinajstić information content (AvgIpc) is 3.09. The molecule has 1 N–H and O–H groups in total. The summed E-state index contributed by atoms with van der Waals surface area (Å²) in [4.78, 5) is 22.7. The van der Waals surface area contributed by atoms with Crippen molar-refractivity contribution in [3.63, 3.8) is 0 Å². The fourth-order valence-corrected chi connectivity index (χ4v) is 2.56. The van der Waals surface area contributed by atoms with Gasteiger partial charge in [-0.1, -0.05) is 23.9 Å². The minimum Gasteiger partial charge on any atom is -0.485 e. The second kappa shape index (κ2) is 7.88. The second-order valence-electron chi connectivity index (χ2n) is 4.83. The van der Waals surface area contributed by atoms with E-state index in [4.69, 9.17) is 13.9 Å². The Labute approximate surface area is 147 Å². The molecule has 0 spiro atoms. The van der Waals surface area contributed by atoms with Gasteiger partial charge in [-0.05, 0) is 19.1 Å². The molecule has 0 fully saturated rings. The van der Waals surface area contributed by atoms with E-state index in [2.05, 4.69) is 20.3 Å². The number of amides is 2. The van der Waals surface area contributed by atoms with Crippen molar-refractivity contribution in [3.05, 3.63) is 30.2 Å². The zero-order valence-electron chi connectivity index (χ0n) is 13.3. The maximum absolute atomic E-state index is 11.6. The van der Waals surface area contributed by atoms with Crippen molar-refractivity contribution in [2.45, 2.75) is 18.3 Å². The Morgan fingerprint density at radius 2 is 2.12 bits per heavy atom. The summed E-state index contributed by atoms with van der Waals surface area (Å²) >= 11 is 1.00. The fraction of sp³-hybridized carbons (Fsp3) is 0.333. The van der Waals surface area contributed by atoms with Crippen LogP contribution in [-0.2, 0) is 9.53 Å². The number of carbonyl (C=O) groups is 2. The van der Waals surface area contributed by atoms with E-state index in [9.17, 15) is 9.59 Å². The number of imide groups is 1. The molecule has 1 aliphatic heterocycles. The van der Waals surface area contributed by atoms with Gasteiger partial charge in [-0.25, -0.2) is 4.79 Å². The van der Waals surface area contributed by atoms with Gasteiger partial charge in [0.1, 0.15) is 6.61 Å². The Balaban J connectivity index is 1.53. The van der Waals surface area contributed by atoms with Crippen LogP contribution in [0.5, 0.6) is 11.5 Å². The van der Waals surface area contributed by atoms with E-state index in [1.807, 2.05) is 18.2 Å². The molecule has 1 atom stereocenters. The zero-order chi connectivity index (χ0) is 17.6. The number of hydrogen-bond acceptors (Lipinski definition) is 9. The molecule has 2 amide bonds. The second-order valence-corrected chi connectivity index (χ2v) is 5.75. The van der Waals surface area contributed by atoms with E-state index < -0.39 is 18.1 Å². The molecule has 10 heteroatoms. The summed E-state index contributed by atoms with van der Waals surface area (Å²) in [6.07, 6.45) is -1.31. The van der Waals surface area contributed by atoms with Crippen LogP contribution in [0.4, 0.5) is 4.79 Å². The number of para-hydroxylation sites is 2.